The van der Waals surface area contributed by atoms with E-state index in [0.29, 0.717) is 17.9 Å². The number of methoxy groups -OCH3 is 2. The van der Waals surface area contributed by atoms with Crippen LogP contribution in [0.5, 0.6) is 5.75 Å². The van der Waals surface area contributed by atoms with Crippen LogP contribution in [-0.4, -0.2) is 55.3 Å². The molecule has 2 fully saturated rings. The molecule has 8 nitrogen and oxygen atoms in total. The van der Waals surface area contributed by atoms with E-state index in [-0.39, 0.29) is 24.5 Å². The third-order valence-electron chi connectivity index (χ3n) is 7.46. The SMILES string of the molecule is COC(=O)CCc1ccc(OC)c(-c2ccc(N3CCC3)nc2CN2C(=O)OC(c3cc(F)cc(F)c3)C2C)c1. The van der Waals surface area contributed by atoms with Crippen molar-refractivity contribution in [3.63, 3.8) is 0 Å². The maximum atomic E-state index is 13.9. The van der Waals surface area contributed by atoms with Gasteiger partial charge in [0.25, 0.3) is 0 Å². The van der Waals surface area contributed by atoms with Gasteiger partial charge in [-0.1, -0.05) is 6.07 Å². The van der Waals surface area contributed by atoms with E-state index in [2.05, 4.69) is 4.90 Å². The van der Waals surface area contributed by atoms with Gasteiger partial charge in [0, 0.05) is 42.3 Å². The van der Waals surface area contributed by atoms with Crippen molar-refractivity contribution < 1.29 is 32.6 Å². The summed E-state index contributed by atoms with van der Waals surface area (Å²) in [6.07, 6.45) is 0.370. The highest BCUT2D eigenvalue weighted by Crippen LogP contribution is 2.38. The first-order valence-electron chi connectivity index (χ1n) is 13.2. The average molecular weight is 552 g/mol. The Labute approximate surface area is 231 Å². The molecule has 0 saturated carbocycles. The van der Waals surface area contributed by atoms with E-state index < -0.39 is 29.9 Å². The fourth-order valence-electron chi connectivity index (χ4n) is 5.11. The molecular formula is C30H31F2N3O5. The van der Waals surface area contributed by atoms with Gasteiger partial charge >= 0.3 is 12.1 Å². The van der Waals surface area contributed by atoms with E-state index in [1.54, 1.807) is 14.0 Å². The summed E-state index contributed by atoms with van der Waals surface area (Å²) < 4.78 is 43.9. The van der Waals surface area contributed by atoms with Gasteiger partial charge in [-0.05, 0) is 61.7 Å². The molecule has 0 spiro atoms. The van der Waals surface area contributed by atoms with E-state index in [4.69, 9.17) is 19.2 Å². The Bertz CT molecular complexity index is 1410. The molecule has 0 bridgehead atoms. The van der Waals surface area contributed by atoms with Crippen molar-refractivity contribution in [1.29, 1.82) is 0 Å². The van der Waals surface area contributed by atoms with Gasteiger partial charge in [-0.3, -0.25) is 9.69 Å². The molecule has 0 N–H and O–H groups in total. The Kier molecular flexibility index (Phi) is 7.86. The standard InChI is InChI=1S/C30H31F2N3O5/c1-18-29(20-14-21(31)16-22(32)15-20)40-30(37)35(18)17-25-23(7-9-27(33-25)34-11-4-12-34)24-13-19(5-8-26(24)38-2)6-10-28(36)39-3/h5,7-9,13-16,18,29H,4,6,10-12,17H2,1-3H3. The second kappa shape index (κ2) is 11.5. The fourth-order valence-corrected chi connectivity index (χ4v) is 5.11. The molecule has 2 atom stereocenters. The highest BCUT2D eigenvalue weighted by Gasteiger charge is 2.40. The van der Waals surface area contributed by atoms with Crippen LogP contribution in [0.4, 0.5) is 19.4 Å². The first kappa shape index (κ1) is 27.4. The number of cyclic esters (lactones) is 1. The van der Waals surface area contributed by atoms with E-state index in [9.17, 15) is 18.4 Å². The van der Waals surface area contributed by atoms with Gasteiger partial charge in [-0.2, -0.15) is 0 Å². The maximum Gasteiger partial charge on any atom is 0.411 e. The minimum Gasteiger partial charge on any atom is -0.496 e. The Morgan fingerprint density at radius 1 is 1.05 bits per heavy atom. The minimum atomic E-state index is -0.837. The van der Waals surface area contributed by atoms with Crippen LogP contribution in [-0.2, 0) is 27.2 Å². The van der Waals surface area contributed by atoms with E-state index in [1.807, 2.05) is 30.3 Å². The van der Waals surface area contributed by atoms with Crippen molar-refractivity contribution in [2.75, 3.05) is 32.2 Å². The zero-order chi connectivity index (χ0) is 28.4. The number of rotatable bonds is 9. The van der Waals surface area contributed by atoms with Crippen molar-refractivity contribution in [1.82, 2.24) is 9.88 Å². The van der Waals surface area contributed by atoms with Crippen LogP contribution in [0.15, 0.2) is 48.5 Å². The summed E-state index contributed by atoms with van der Waals surface area (Å²) in [5.41, 5.74) is 3.33. The Hall–Kier alpha value is -4.21. The highest BCUT2D eigenvalue weighted by molar-refractivity contribution is 5.76. The summed E-state index contributed by atoms with van der Waals surface area (Å²) in [4.78, 5) is 33.4. The summed E-state index contributed by atoms with van der Waals surface area (Å²) in [5.74, 6) is -0.349. The number of esters is 1. The monoisotopic (exact) mass is 551 g/mol. The Morgan fingerprint density at radius 3 is 2.45 bits per heavy atom. The van der Waals surface area contributed by atoms with E-state index in [0.717, 1.165) is 48.1 Å². The highest BCUT2D eigenvalue weighted by atomic mass is 19.1. The number of ether oxygens (including phenoxy) is 3. The van der Waals surface area contributed by atoms with Gasteiger partial charge in [0.05, 0.1) is 32.5 Å². The molecule has 1 amide bonds. The van der Waals surface area contributed by atoms with Gasteiger partial charge in [0.2, 0.25) is 0 Å². The molecule has 0 radical (unpaired) electrons. The molecule has 2 aliphatic rings. The Balaban J connectivity index is 1.50. The van der Waals surface area contributed by atoms with Gasteiger partial charge in [0.1, 0.15) is 29.3 Å². The summed E-state index contributed by atoms with van der Waals surface area (Å²) in [7, 11) is 2.94. The van der Waals surface area contributed by atoms with Crippen LogP contribution >= 0.6 is 0 Å². The van der Waals surface area contributed by atoms with Crippen molar-refractivity contribution in [2.24, 2.45) is 0 Å². The molecule has 3 heterocycles. The molecule has 210 valence electrons. The third-order valence-corrected chi connectivity index (χ3v) is 7.46. The number of nitrogens with zero attached hydrogens (tertiary/aromatic N) is 3. The second-order valence-electron chi connectivity index (χ2n) is 9.99. The summed E-state index contributed by atoms with van der Waals surface area (Å²) in [5, 5.41) is 0. The van der Waals surface area contributed by atoms with Crippen LogP contribution in [0, 0.1) is 11.6 Å². The molecule has 5 rings (SSSR count). The van der Waals surface area contributed by atoms with Crippen LogP contribution in [0.3, 0.4) is 0 Å². The van der Waals surface area contributed by atoms with Crippen LogP contribution in [0.25, 0.3) is 11.1 Å². The summed E-state index contributed by atoms with van der Waals surface area (Å²) in [6.45, 7) is 3.69. The van der Waals surface area contributed by atoms with Gasteiger partial charge in [-0.25, -0.2) is 18.6 Å². The second-order valence-corrected chi connectivity index (χ2v) is 9.99. The lowest BCUT2D eigenvalue weighted by molar-refractivity contribution is -0.140. The van der Waals surface area contributed by atoms with Crippen molar-refractivity contribution in [3.05, 3.63) is 77.0 Å². The lowest BCUT2D eigenvalue weighted by Crippen LogP contribution is -2.38. The quantitative estimate of drug-likeness (QED) is 0.328. The minimum absolute atomic E-state index is 0.112. The van der Waals surface area contributed by atoms with Crippen molar-refractivity contribution >= 4 is 17.9 Å². The topological polar surface area (TPSA) is 81.2 Å². The number of halogens is 2. The number of anilines is 1. The average Bonchev–Trinajstić information content (AvgIpc) is 3.18. The number of amides is 1. The number of benzene rings is 2. The molecule has 10 heteroatoms. The number of carbonyl (C=O) groups is 2. The summed E-state index contributed by atoms with van der Waals surface area (Å²) >= 11 is 0. The smallest absolute Gasteiger partial charge is 0.411 e. The molecule has 2 unspecified atom stereocenters. The predicted octanol–water partition coefficient (Wildman–Crippen LogP) is 5.43. The van der Waals surface area contributed by atoms with E-state index in [1.165, 1.54) is 24.1 Å². The third kappa shape index (κ3) is 5.57. The fraction of sp³-hybridized carbons (Fsp3) is 0.367. The molecule has 40 heavy (non-hydrogen) atoms. The number of aromatic nitrogens is 1. The lowest BCUT2D eigenvalue weighted by atomic mass is 9.97. The number of hydrogen-bond acceptors (Lipinski definition) is 7. The van der Waals surface area contributed by atoms with Crippen LogP contribution in [0.2, 0.25) is 0 Å². The number of pyridine rings is 1. The molecule has 0 aliphatic carbocycles. The molecule has 2 aliphatic heterocycles. The van der Waals surface area contributed by atoms with Crippen molar-refractivity contribution in [3.8, 4) is 16.9 Å². The molecule has 1 aromatic heterocycles. The predicted molar refractivity (Wildman–Crippen MR) is 144 cm³/mol. The zero-order valence-electron chi connectivity index (χ0n) is 22.7. The van der Waals surface area contributed by atoms with Crippen LogP contribution in [0.1, 0.15) is 42.7 Å². The molecule has 2 saturated heterocycles. The zero-order valence-corrected chi connectivity index (χ0v) is 22.7. The molecule has 3 aromatic rings. The number of carbonyl (C=O) groups excluding carboxylic acids is 2. The molecule has 2 aromatic carbocycles. The first-order valence-corrected chi connectivity index (χ1v) is 13.2. The summed E-state index contributed by atoms with van der Waals surface area (Å²) in [6, 6.07) is 12.2. The van der Waals surface area contributed by atoms with Gasteiger partial charge in [-0.15, -0.1) is 0 Å². The first-order chi connectivity index (χ1) is 19.3. The molecular weight excluding hydrogens is 520 g/mol. The Morgan fingerprint density at radius 2 is 1.80 bits per heavy atom. The van der Waals surface area contributed by atoms with Crippen molar-refractivity contribution in [2.45, 2.75) is 44.9 Å². The van der Waals surface area contributed by atoms with Gasteiger partial charge in [0.15, 0.2) is 0 Å². The van der Waals surface area contributed by atoms with Gasteiger partial charge < -0.3 is 19.1 Å². The maximum absolute atomic E-state index is 13.9. The largest absolute Gasteiger partial charge is 0.496 e. The van der Waals surface area contributed by atoms with E-state index >= 15 is 0 Å². The normalized spacial score (nSPS) is 18.4. The van der Waals surface area contributed by atoms with Crippen LogP contribution < -0.4 is 9.64 Å². The number of hydrogen-bond donors (Lipinski definition) is 0. The lowest BCUT2D eigenvalue weighted by Gasteiger charge is -2.33. The number of aryl methyl sites for hydroxylation is 1.